The molecule has 0 fully saturated rings. The molecule has 1 N–H and O–H groups in total. The second-order valence-corrected chi connectivity index (χ2v) is 5.39. The summed E-state index contributed by atoms with van der Waals surface area (Å²) in [4.78, 5) is 3.37. The predicted octanol–water partition coefficient (Wildman–Crippen LogP) is 5.26. The van der Waals surface area contributed by atoms with Crippen LogP contribution in [-0.2, 0) is 6.42 Å². The molecular formula is C13H11BrClNS. The molecule has 0 spiro atoms. The Balaban J connectivity index is 2.73. The third-order valence-corrected chi connectivity index (χ3v) is 3.82. The maximum Gasteiger partial charge on any atom is 0.0523 e. The van der Waals surface area contributed by atoms with Crippen molar-refractivity contribution in [1.82, 2.24) is 4.98 Å². The van der Waals surface area contributed by atoms with Gasteiger partial charge in [0.1, 0.15) is 0 Å². The summed E-state index contributed by atoms with van der Waals surface area (Å²) in [6.07, 6.45) is 2.66. The van der Waals surface area contributed by atoms with Crippen molar-refractivity contribution in [1.29, 1.82) is 0 Å². The second kappa shape index (κ2) is 5.34. The zero-order chi connectivity index (χ0) is 12.4. The smallest absolute Gasteiger partial charge is 0.0523 e. The fraction of sp³-hybridized carbons (Fsp3) is 0.154. The molecule has 2 rings (SSSR count). The Bertz CT molecular complexity index is 646. The van der Waals surface area contributed by atoms with E-state index < -0.39 is 0 Å². The Morgan fingerprint density at radius 2 is 2.24 bits per heavy atom. The number of halogens is 2. The average molecular weight is 329 g/mol. The molecule has 1 aromatic heterocycles. The van der Waals surface area contributed by atoms with Gasteiger partial charge in [-0.25, -0.2) is 0 Å². The van der Waals surface area contributed by atoms with Gasteiger partial charge in [0.05, 0.1) is 4.51 Å². The first-order valence-corrected chi connectivity index (χ1v) is 6.83. The Morgan fingerprint density at radius 3 is 2.94 bits per heavy atom. The van der Waals surface area contributed by atoms with Crippen molar-refractivity contribution in [3.05, 3.63) is 50.1 Å². The first kappa shape index (κ1) is 12.8. The van der Waals surface area contributed by atoms with Gasteiger partial charge in [0, 0.05) is 26.6 Å². The monoisotopic (exact) mass is 327 g/mol. The van der Waals surface area contributed by atoms with Gasteiger partial charge in [0.2, 0.25) is 0 Å². The van der Waals surface area contributed by atoms with Crippen molar-refractivity contribution < 1.29 is 0 Å². The van der Waals surface area contributed by atoms with E-state index in [0.29, 0.717) is 0 Å². The average Bonchev–Trinajstić information content (AvgIpc) is 2.30. The number of rotatable bonds is 2. The minimum atomic E-state index is 0.757. The van der Waals surface area contributed by atoms with E-state index in [0.717, 1.165) is 37.6 Å². The summed E-state index contributed by atoms with van der Waals surface area (Å²) in [6, 6.07) is 6.08. The van der Waals surface area contributed by atoms with Gasteiger partial charge >= 0.3 is 0 Å². The van der Waals surface area contributed by atoms with Gasteiger partial charge in [-0.1, -0.05) is 45.8 Å². The number of hydrogen-bond acceptors (Lipinski definition) is 1. The number of nitrogens with one attached hydrogen (secondary N) is 1. The molecule has 0 amide bonds. The quantitative estimate of drug-likeness (QED) is 0.743. The number of pyridine rings is 1. The minimum Gasteiger partial charge on any atom is -0.358 e. The molecule has 0 aliphatic carbocycles. The fourth-order valence-corrected chi connectivity index (χ4v) is 2.69. The zero-order valence-corrected chi connectivity index (χ0v) is 12.4. The van der Waals surface area contributed by atoms with Gasteiger partial charge in [-0.15, -0.1) is 0 Å². The first-order valence-electron chi connectivity index (χ1n) is 5.19. The van der Waals surface area contributed by atoms with Crippen LogP contribution in [0.3, 0.4) is 0 Å². The topological polar surface area (TPSA) is 15.8 Å². The van der Waals surface area contributed by atoms with Crippen molar-refractivity contribution in [2.75, 3.05) is 0 Å². The van der Waals surface area contributed by atoms with Crippen molar-refractivity contribution in [2.45, 2.75) is 13.3 Å². The van der Waals surface area contributed by atoms with Crippen LogP contribution < -0.4 is 0 Å². The van der Waals surface area contributed by atoms with Crippen molar-refractivity contribution in [3.63, 3.8) is 0 Å². The summed E-state index contributed by atoms with van der Waals surface area (Å²) in [7, 11) is 0. The molecule has 1 nitrogen and oxygen atoms in total. The molecule has 88 valence electrons. The van der Waals surface area contributed by atoms with E-state index >= 15 is 0 Å². The van der Waals surface area contributed by atoms with Gasteiger partial charge in [-0.2, -0.15) is 0 Å². The SMILES string of the molecule is Cc1[nH]c2ccc(Br)cc2c(=S)c1CC=CCl. The maximum absolute atomic E-state index is 5.57. The van der Waals surface area contributed by atoms with Gasteiger partial charge < -0.3 is 4.98 Å². The zero-order valence-electron chi connectivity index (χ0n) is 9.26. The van der Waals surface area contributed by atoms with Crippen molar-refractivity contribution >= 4 is 50.7 Å². The molecular weight excluding hydrogens is 318 g/mol. The van der Waals surface area contributed by atoms with Crippen LogP contribution in [0.2, 0.25) is 0 Å². The number of allylic oxidation sites excluding steroid dienone is 1. The normalized spacial score (nSPS) is 11.5. The lowest BCUT2D eigenvalue weighted by Gasteiger charge is -2.08. The number of hydrogen-bond donors (Lipinski definition) is 1. The molecule has 0 radical (unpaired) electrons. The van der Waals surface area contributed by atoms with E-state index in [2.05, 4.69) is 20.9 Å². The van der Waals surface area contributed by atoms with Crippen LogP contribution in [0.4, 0.5) is 0 Å². The van der Waals surface area contributed by atoms with Gasteiger partial charge in [0.25, 0.3) is 0 Å². The lowest BCUT2D eigenvalue weighted by Crippen LogP contribution is -1.94. The predicted molar refractivity (Wildman–Crippen MR) is 80.3 cm³/mol. The van der Waals surface area contributed by atoms with Gasteiger partial charge in [0.15, 0.2) is 0 Å². The van der Waals surface area contributed by atoms with Crippen LogP contribution in [-0.4, -0.2) is 4.98 Å². The van der Waals surface area contributed by atoms with E-state index in [-0.39, 0.29) is 0 Å². The molecule has 0 aliphatic heterocycles. The van der Waals surface area contributed by atoms with Crippen LogP contribution in [0.15, 0.2) is 34.3 Å². The minimum absolute atomic E-state index is 0.757. The maximum atomic E-state index is 5.57. The fourth-order valence-electron chi connectivity index (χ4n) is 1.83. The van der Waals surface area contributed by atoms with E-state index in [1.165, 1.54) is 5.54 Å². The number of fused-ring (bicyclic) bond motifs is 1. The largest absolute Gasteiger partial charge is 0.358 e. The summed E-state index contributed by atoms with van der Waals surface area (Å²) >= 11 is 14.6. The highest BCUT2D eigenvalue weighted by atomic mass is 79.9. The van der Waals surface area contributed by atoms with E-state index in [1.807, 2.05) is 31.2 Å². The Labute approximate surface area is 119 Å². The second-order valence-electron chi connectivity index (χ2n) is 3.81. The molecule has 17 heavy (non-hydrogen) atoms. The number of H-pyrrole nitrogens is 1. The molecule has 0 unspecified atom stereocenters. The van der Waals surface area contributed by atoms with Crippen LogP contribution in [0.25, 0.3) is 10.9 Å². The molecule has 0 atom stereocenters. The number of aryl methyl sites for hydroxylation is 1. The van der Waals surface area contributed by atoms with Crippen LogP contribution in [0, 0.1) is 11.4 Å². The Morgan fingerprint density at radius 1 is 1.47 bits per heavy atom. The summed E-state index contributed by atoms with van der Waals surface area (Å²) in [5, 5.41) is 1.07. The molecule has 2 aromatic rings. The van der Waals surface area contributed by atoms with E-state index in [4.69, 9.17) is 23.8 Å². The standard InChI is InChI=1S/C13H11BrClNS/c1-8-10(3-2-6-15)13(17)11-7-9(14)4-5-12(11)16-8/h2,4-7H,3H2,1H3,(H,16,17). The Hall–Kier alpha value is -0.640. The molecule has 0 bridgehead atoms. The van der Waals surface area contributed by atoms with Crippen LogP contribution >= 0.6 is 39.7 Å². The van der Waals surface area contributed by atoms with Crippen molar-refractivity contribution in [3.8, 4) is 0 Å². The molecule has 0 saturated heterocycles. The highest BCUT2D eigenvalue weighted by molar-refractivity contribution is 9.10. The highest BCUT2D eigenvalue weighted by Gasteiger charge is 2.05. The number of benzene rings is 1. The van der Waals surface area contributed by atoms with E-state index in [9.17, 15) is 0 Å². The summed E-state index contributed by atoms with van der Waals surface area (Å²) in [5.41, 5.74) is 4.82. The third-order valence-electron chi connectivity index (χ3n) is 2.69. The highest BCUT2D eigenvalue weighted by Crippen LogP contribution is 2.23. The number of aromatic nitrogens is 1. The first-order chi connectivity index (χ1) is 8.13. The van der Waals surface area contributed by atoms with Gasteiger partial charge in [-0.05, 0) is 37.1 Å². The summed E-state index contributed by atoms with van der Waals surface area (Å²) in [5.74, 6) is 0. The van der Waals surface area contributed by atoms with Crippen LogP contribution in [0.1, 0.15) is 11.3 Å². The molecule has 0 saturated carbocycles. The van der Waals surface area contributed by atoms with Gasteiger partial charge in [-0.3, -0.25) is 0 Å². The summed E-state index contributed by atoms with van der Waals surface area (Å²) in [6.45, 7) is 2.04. The molecule has 4 heteroatoms. The van der Waals surface area contributed by atoms with Crippen LogP contribution in [0.5, 0.6) is 0 Å². The molecule has 0 aliphatic rings. The van der Waals surface area contributed by atoms with E-state index in [1.54, 1.807) is 0 Å². The Kier molecular flexibility index (Phi) is 4.02. The molecule has 1 aromatic carbocycles. The van der Waals surface area contributed by atoms with Crippen molar-refractivity contribution in [2.24, 2.45) is 0 Å². The number of aromatic amines is 1. The lowest BCUT2D eigenvalue weighted by atomic mass is 10.1. The lowest BCUT2D eigenvalue weighted by molar-refractivity contribution is 1.13. The molecule has 1 heterocycles. The summed E-state index contributed by atoms with van der Waals surface area (Å²) < 4.78 is 1.93. The third kappa shape index (κ3) is 2.62.